The zero-order valence-corrected chi connectivity index (χ0v) is 10.9. The molecule has 2 aromatic heterocycles. The van der Waals surface area contributed by atoms with Gasteiger partial charge in [-0.1, -0.05) is 0 Å². The molecular formula is C13H16N4O2. The van der Waals surface area contributed by atoms with Crippen LogP contribution >= 0.6 is 0 Å². The van der Waals surface area contributed by atoms with Crippen LogP contribution in [0.1, 0.15) is 17.3 Å². The molecule has 0 aromatic carbocycles. The van der Waals surface area contributed by atoms with Gasteiger partial charge >= 0.3 is 0 Å². The third kappa shape index (κ3) is 3.31. The van der Waals surface area contributed by atoms with E-state index < -0.39 is 0 Å². The smallest absolute Gasteiger partial charge is 0.257 e. The van der Waals surface area contributed by atoms with E-state index in [1.165, 1.54) is 7.11 Å². The van der Waals surface area contributed by atoms with Crippen LogP contribution in [0.15, 0.2) is 36.8 Å². The van der Waals surface area contributed by atoms with Gasteiger partial charge in [-0.05, 0) is 25.1 Å². The van der Waals surface area contributed by atoms with Crippen LogP contribution < -0.4 is 10.1 Å². The van der Waals surface area contributed by atoms with Crippen molar-refractivity contribution in [2.75, 3.05) is 7.11 Å². The van der Waals surface area contributed by atoms with Gasteiger partial charge in [0, 0.05) is 24.6 Å². The topological polar surface area (TPSA) is 69.0 Å². The molecule has 6 heteroatoms. The van der Waals surface area contributed by atoms with Crippen molar-refractivity contribution in [3.8, 4) is 5.88 Å². The second kappa shape index (κ2) is 5.99. The second-order valence-electron chi connectivity index (χ2n) is 4.16. The van der Waals surface area contributed by atoms with Gasteiger partial charge in [-0.15, -0.1) is 0 Å². The van der Waals surface area contributed by atoms with E-state index in [1.807, 2.05) is 19.2 Å². The Morgan fingerprint density at radius 3 is 3.00 bits per heavy atom. The van der Waals surface area contributed by atoms with Gasteiger partial charge in [0.25, 0.3) is 5.91 Å². The summed E-state index contributed by atoms with van der Waals surface area (Å²) in [5.74, 6) is 0.121. The maximum atomic E-state index is 12.1. The Kier molecular flexibility index (Phi) is 4.12. The van der Waals surface area contributed by atoms with E-state index in [1.54, 1.807) is 29.2 Å². The van der Waals surface area contributed by atoms with E-state index in [0.29, 0.717) is 18.0 Å². The number of pyridine rings is 1. The monoisotopic (exact) mass is 260 g/mol. The zero-order valence-electron chi connectivity index (χ0n) is 10.9. The van der Waals surface area contributed by atoms with E-state index in [4.69, 9.17) is 4.74 Å². The summed E-state index contributed by atoms with van der Waals surface area (Å²) in [6.45, 7) is 2.53. The van der Waals surface area contributed by atoms with Crippen molar-refractivity contribution >= 4 is 5.91 Å². The molecule has 0 aliphatic heterocycles. The highest BCUT2D eigenvalue weighted by Gasteiger charge is 2.15. The molecule has 0 spiro atoms. The van der Waals surface area contributed by atoms with Crippen molar-refractivity contribution in [3.63, 3.8) is 0 Å². The van der Waals surface area contributed by atoms with Crippen LogP contribution in [0.3, 0.4) is 0 Å². The highest BCUT2D eigenvalue weighted by atomic mass is 16.5. The van der Waals surface area contributed by atoms with Crippen molar-refractivity contribution < 1.29 is 9.53 Å². The summed E-state index contributed by atoms with van der Waals surface area (Å²) in [6.07, 6.45) is 5.15. The third-order valence-corrected chi connectivity index (χ3v) is 2.61. The molecule has 0 aliphatic rings. The average molecular weight is 260 g/mol. The molecule has 0 bridgehead atoms. The van der Waals surface area contributed by atoms with Gasteiger partial charge in [-0.25, -0.2) is 4.98 Å². The Bertz CT molecular complexity index is 539. The Hall–Kier alpha value is -2.37. The summed E-state index contributed by atoms with van der Waals surface area (Å²) in [7, 11) is 1.49. The normalized spacial score (nSPS) is 11.9. The van der Waals surface area contributed by atoms with Gasteiger partial charge in [-0.3, -0.25) is 9.48 Å². The van der Waals surface area contributed by atoms with Gasteiger partial charge in [0.1, 0.15) is 5.56 Å². The molecule has 0 unspecified atom stereocenters. The predicted molar refractivity (Wildman–Crippen MR) is 69.9 cm³/mol. The van der Waals surface area contributed by atoms with Crippen LogP contribution in [-0.2, 0) is 6.54 Å². The van der Waals surface area contributed by atoms with Gasteiger partial charge in [0.05, 0.1) is 13.7 Å². The molecule has 2 heterocycles. The molecule has 0 fully saturated rings. The summed E-state index contributed by atoms with van der Waals surface area (Å²) in [5, 5.41) is 6.99. The largest absolute Gasteiger partial charge is 0.480 e. The summed E-state index contributed by atoms with van der Waals surface area (Å²) in [5.41, 5.74) is 0.428. The molecular weight excluding hydrogens is 244 g/mol. The van der Waals surface area contributed by atoms with Gasteiger partial charge in [-0.2, -0.15) is 5.10 Å². The van der Waals surface area contributed by atoms with E-state index in [2.05, 4.69) is 15.4 Å². The summed E-state index contributed by atoms with van der Waals surface area (Å²) < 4.78 is 6.83. The standard InChI is InChI=1S/C13H16N4O2/c1-10(9-17-8-4-7-15-17)16-12(18)11-5-3-6-14-13(11)19-2/h3-8,10H,9H2,1-2H3,(H,16,18)/t10-/m1/s1. The lowest BCUT2D eigenvalue weighted by Crippen LogP contribution is -2.36. The minimum absolute atomic E-state index is 0.0442. The molecule has 0 saturated heterocycles. The molecule has 1 amide bonds. The van der Waals surface area contributed by atoms with E-state index in [-0.39, 0.29) is 11.9 Å². The molecule has 0 saturated carbocycles. The van der Waals surface area contributed by atoms with Crippen molar-refractivity contribution in [2.45, 2.75) is 19.5 Å². The third-order valence-electron chi connectivity index (χ3n) is 2.61. The molecule has 6 nitrogen and oxygen atoms in total. The molecule has 100 valence electrons. The number of hydrogen-bond donors (Lipinski definition) is 1. The molecule has 2 aromatic rings. The molecule has 19 heavy (non-hydrogen) atoms. The number of carbonyl (C=O) groups excluding carboxylic acids is 1. The molecule has 2 rings (SSSR count). The predicted octanol–water partition coefficient (Wildman–Crippen LogP) is 1.11. The average Bonchev–Trinajstić information content (AvgIpc) is 2.91. The lowest BCUT2D eigenvalue weighted by atomic mass is 10.2. The molecule has 0 aliphatic carbocycles. The zero-order chi connectivity index (χ0) is 13.7. The first-order valence-corrected chi connectivity index (χ1v) is 5.98. The Labute approximate surface area is 111 Å². The Balaban J connectivity index is 2.00. The summed E-state index contributed by atoms with van der Waals surface area (Å²) in [4.78, 5) is 16.1. The minimum atomic E-state index is -0.204. The lowest BCUT2D eigenvalue weighted by molar-refractivity contribution is 0.0932. The molecule has 1 atom stereocenters. The van der Waals surface area contributed by atoms with Crippen LogP contribution in [0.25, 0.3) is 0 Å². The van der Waals surface area contributed by atoms with Crippen LogP contribution in [0, 0.1) is 0 Å². The van der Waals surface area contributed by atoms with E-state index in [9.17, 15) is 4.79 Å². The van der Waals surface area contributed by atoms with Crippen LogP contribution in [-0.4, -0.2) is 33.8 Å². The number of methoxy groups -OCH3 is 1. The fraction of sp³-hybridized carbons (Fsp3) is 0.308. The van der Waals surface area contributed by atoms with E-state index in [0.717, 1.165) is 0 Å². The first-order valence-electron chi connectivity index (χ1n) is 5.98. The van der Waals surface area contributed by atoms with Gasteiger partial charge in [0.2, 0.25) is 5.88 Å². The minimum Gasteiger partial charge on any atom is -0.480 e. The van der Waals surface area contributed by atoms with Gasteiger partial charge in [0.15, 0.2) is 0 Å². The number of amides is 1. The number of ether oxygens (including phenoxy) is 1. The van der Waals surface area contributed by atoms with Crippen LogP contribution in [0.5, 0.6) is 5.88 Å². The van der Waals surface area contributed by atoms with Gasteiger partial charge < -0.3 is 10.1 Å². The van der Waals surface area contributed by atoms with Crippen LogP contribution in [0.4, 0.5) is 0 Å². The maximum absolute atomic E-state index is 12.1. The highest BCUT2D eigenvalue weighted by molar-refractivity contribution is 5.96. The van der Waals surface area contributed by atoms with Crippen molar-refractivity contribution in [3.05, 3.63) is 42.4 Å². The highest BCUT2D eigenvalue weighted by Crippen LogP contribution is 2.13. The van der Waals surface area contributed by atoms with Crippen molar-refractivity contribution in [1.82, 2.24) is 20.1 Å². The summed E-state index contributed by atoms with van der Waals surface area (Å²) >= 11 is 0. The maximum Gasteiger partial charge on any atom is 0.257 e. The number of hydrogen-bond acceptors (Lipinski definition) is 4. The number of nitrogens with one attached hydrogen (secondary N) is 1. The lowest BCUT2D eigenvalue weighted by Gasteiger charge is -2.14. The molecule has 0 radical (unpaired) electrons. The number of carbonyl (C=O) groups is 1. The number of aromatic nitrogens is 3. The van der Waals surface area contributed by atoms with Crippen molar-refractivity contribution in [2.24, 2.45) is 0 Å². The van der Waals surface area contributed by atoms with Crippen molar-refractivity contribution in [1.29, 1.82) is 0 Å². The fourth-order valence-corrected chi connectivity index (χ4v) is 1.76. The van der Waals surface area contributed by atoms with Crippen LogP contribution in [0.2, 0.25) is 0 Å². The fourth-order valence-electron chi connectivity index (χ4n) is 1.76. The Morgan fingerprint density at radius 2 is 2.32 bits per heavy atom. The Morgan fingerprint density at radius 1 is 1.47 bits per heavy atom. The second-order valence-corrected chi connectivity index (χ2v) is 4.16. The number of nitrogens with zero attached hydrogens (tertiary/aromatic N) is 3. The summed E-state index contributed by atoms with van der Waals surface area (Å²) in [6, 6.07) is 5.19. The first kappa shape index (κ1) is 13.1. The molecule has 1 N–H and O–H groups in total. The van der Waals surface area contributed by atoms with E-state index >= 15 is 0 Å². The SMILES string of the molecule is COc1ncccc1C(=O)N[C@H](C)Cn1cccn1. The quantitative estimate of drug-likeness (QED) is 0.874. The number of rotatable bonds is 5. The first-order chi connectivity index (χ1) is 9.20.